The van der Waals surface area contributed by atoms with Gasteiger partial charge in [0, 0.05) is 22.1 Å². The molecule has 0 saturated heterocycles. The van der Waals surface area contributed by atoms with Gasteiger partial charge in [-0.3, -0.25) is 0 Å². The van der Waals surface area contributed by atoms with Gasteiger partial charge < -0.3 is 4.74 Å². The number of allylic oxidation sites excluding steroid dienone is 2. The van der Waals surface area contributed by atoms with Crippen LogP contribution in [0.1, 0.15) is 36.0 Å². The number of ether oxygens (including phenoxy) is 1. The highest BCUT2D eigenvalue weighted by molar-refractivity contribution is 7.98. The van der Waals surface area contributed by atoms with Crippen LogP contribution >= 0.6 is 11.8 Å². The van der Waals surface area contributed by atoms with Crippen molar-refractivity contribution in [2.45, 2.75) is 30.8 Å². The lowest BCUT2D eigenvalue weighted by atomic mass is 9.96. The van der Waals surface area contributed by atoms with Gasteiger partial charge in [-0.15, -0.1) is 11.8 Å². The molecule has 0 bridgehead atoms. The van der Waals surface area contributed by atoms with Crippen LogP contribution in [0.15, 0.2) is 71.6 Å². The van der Waals surface area contributed by atoms with E-state index in [-0.39, 0.29) is 6.61 Å². The summed E-state index contributed by atoms with van der Waals surface area (Å²) in [5.41, 5.74) is 5.29. The van der Waals surface area contributed by atoms with E-state index in [1.807, 2.05) is 18.2 Å². The van der Waals surface area contributed by atoms with Gasteiger partial charge >= 0.3 is 0 Å². The second kappa shape index (κ2) is 8.83. The van der Waals surface area contributed by atoms with E-state index in [0.29, 0.717) is 5.56 Å². The molecule has 0 amide bonds. The Kier molecular flexibility index (Phi) is 6.00. The van der Waals surface area contributed by atoms with Crippen LogP contribution in [0.3, 0.4) is 0 Å². The third kappa shape index (κ3) is 4.38. The molecule has 0 saturated carbocycles. The molecule has 29 heavy (non-hydrogen) atoms. The Morgan fingerprint density at radius 2 is 1.69 bits per heavy atom. The zero-order valence-electron chi connectivity index (χ0n) is 16.3. The molecule has 0 N–H and O–H groups in total. The molecule has 1 aliphatic rings. The van der Waals surface area contributed by atoms with Crippen LogP contribution in [0.5, 0.6) is 5.75 Å². The molecular weight excluding hydrogens is 386 g/mol. The number of thioether (sulfide) groups is 1. The van der Waals surface area contributed by atoms with Crippen molar-refractivity contribution in [2.24, 2.45) is 0 Å². The van der Waals surface area contributed by atoms with Crippen molar-refractivity contribution in [1.82, 2.24) is 0 Å². The topological polar surface area (TPSA) is 9.23 Å². The van der Waals surface area contributed by atoms with E-state index < -0.39 is 11.6 Å². The first-order valence-electron chi connectivity index (χ1n) is 9.68. The fourth-order valence-corrected chi connectivity index (χ4v) is 4.23. The number of benzene rings is 3. The van der Waals surface area contributed by atoms with Crippen molar-refractivity contribution < 1.29 is 13.5 Å². The largest absolute Gasteiger partial charge is 0.488 e. The van der Waals surface area contributed by atoms with Crippen molar-refractivity contribution in [2.75, 3.05) is 6.26 Å². The Bertz CT molecular complexity index is 1040. The lowest BCUT2D eigenvalue weighted by molar-refractivity contribution is 0.298. The number of hydrogen-bond donors (Lipinski definition) is 0. The summed E-state index contributed by atoms with van der Waals surface area (Å²) in [6, 6.07) is 20.2. The average Bonchev–Trinajstić information content (AvgIpc) is 3.23. The summed E-state index contributed by atoms with van der Waals surface area (Å²) in [6.07, 6.45) is 5.18. The molecule has 0 unspecified atom stereocenters. The van der Waals surface area contributed by atoms with Gasteiger partial charge in [0.25, 0.3) is 0 Å². The Morgan fingerprint density at radius 1 is 0.897 bits per heavy atom. The molecule has 0 heterocycles. The highest BCUT2D eigenvalue weighted by Crippen LogP contribution is 2.43. The van der Waals surface area contributed by atoms with Gasteiger partial charge in [-0.25, -0.2) is 8.78 Å². The summed E-state index contributed by atoms with van der Waals surface area (Å²) in [5.74, 6) is -0.436. The monoisotopic (exact) mass is 408 g/mol. The Hall–Kier alpha value is -2.59. The van der Waals surface area contributed by atoms with Gasteiger partial charge in [0.15, 0.2) is 0 Å². The van der Waals surface area contributed by atoms with Gasteiger partial charge in [-0.2, -0.15) is 0 Å². The maximum Gasteiger partial charge on any atom is 0.132 e. The summed E-state index contributed by atoms with van der Waals surface area (Å²) in [4.78, 5) is 1.16. The third-order valence-electron chi connectivity index (χ3n) is 5.25. The van der Waals surface area contributed by atoms with E-state index in [1.165, 1.54) is 28.8 Å². The molecule has 4 rings (SSSR count). The molecule has 3 aromatic carbocycles. The van der Waals surface area contributed by atoms with Crippen molar-refractivity contribution in [3.8, 4) is 5.75 Å². The van der Waals surface area contributed by atoms with Gasteiger partial charge in [-0.05, 0) is 72.6 Å². The molecule has 1 nitrogen and oxygen atoms in total. The Morgan fingerprint density at radius 3 is 2.45 bits per heavy atom. The first kappa shape index (κ1) is 19.7. The maximum absolute atomic E-state index is 14.0. The molecule has 0 atom stereocenters. The summed E-state index contributed by atoms with van der Waals surface area (Å²) in [6.45, 7) is 0.0612. The normalized spacial score (nSPS) is 13.8. The lowest BCUT2D eigenvalue weighted by Crippen LogP contribution is -2.01. The van der Waals surface area contributed by atoms with E-state index in [0.717, 1.165) is 41.5 Å². The van der Waals surface area contributed by atoms with Crippen molar-refractivity contribution in [1.29, 1.82) is 0 Å². The summed E-state index contributed by atoms with van der Waals surface area (Å²) >= 11 is 1.69. The van der Waals surface area contributed by atoms with E-state index in [1.54, 1.807) is 11.8 Å². The Balaban J connectivity index is 1.71. The van der Waals surface area contributed by atoms with Crippen LogP contribution in [0, 0.1) is 11.6 Å². The summed E-state index contributed by atoms with van der Waals surface area (Å²) < 4.78 is 33.2. The quantitative estimate of drug-likeness (QED) is 0.394. The molecule has 4 heteroatoms. The van der Waals surface area contributed by atoms with Crippen molar-refractivity contribution in [3.63, 3.8) is 0 Å². The van der Waals surface area contributed by atoms with Crippen molar-refractivity contribution in [3.05, 3.63) is 95.1 Å². The van der Waals surface area contributed by atoms with E-state index in [4.69, 9.17) is 4.74 Å². The van der Waals surface area contributed by atoms with Crippen LogP contribution < -0.4 is 4.74 Å². The maximum atomic E-state index is 14.0. The zero-order valence-corrected chi connectivity index (χ0v) is 17.1. The second-order valence-electron chi connectivity index (χ2n) is 7.06. The molecule has 148 valence electrons. The van der Waals surface area contributed by atoms with E-state index >= 15 is 0 Å². The van der Waals surface area contributed by atoms with Gasteiger partial charge in [-0.1, -0.05) is 30.3 Å². The Labute approximate surface area is 174 Å². The fourth-order valence-electron chi connectivity index (χ4n) is 3.79. The predicted molar refractivity (Wildman–Crippen MR) is 116 cm³/mol. The molecule has 0 aliphatic heterocycles. The second-order valence-corrected chi connectivity index (χ2v) is 7.94. The van der Waals surface area contributed by atoms with E-state index in [9.17, 15) is 8.78 Å². The van der Waals surface area contributed by atoms with Crippen LogP contribution in [0.2, 0.25) is 0 Å². The number of rotatable bonds is 6. The number of hydrogen-bond acceptors (Lipinski definition) is 2. The molecule has 0 aromatic heterocycles. The molecule has 0 fully saturated rings. The standard InChI is InChI=1S/C25H22F2OS/c1-29-20-12-13-25(28-16-18-10-11-19(26)14-24(18)27)23(15-20)22-9-5-8-21(22)17-6-3-2-4-7-17/h2-4,6-7,10-15H,5,8-9,16H2,1H3. The minimum atomic E-state index is -0.586. The molecule has 0 radical (unpaired) electrons. The average molecular weight is 409 g/mol. The minimum Gasteiger partial charge on any atom is -0.488 e. The smallest absolute Gasteiger partial charge is 0.132 e. The molecular formula is C25H22F2OS. The van der Waals surface area contributed by atoms with Crippen LogP contribution in [0.4, 0.5) is 8.78 Å². The SMILES string of the molecule is CSc1ccc(OCc2ccc(F)cc2F)c(C2=C(c3ccccc3)CCC2)c1. The number of halogens is 2. The van der Waals surface area contributed by atoms with Crippen LogP contribution in [-0.4, -0.2) is 6.26 Å². The van der Waals surface area contributed by atoms with Crippen molar-refractivity contribution >= 4 is 22.9 Å². The predicted octanol–water partition coefficient (Wildman–Crippen LogP) is 7.36. The van der Waals surface area contributed by atoms with Gasteiger partial charge in [0.2, 0.25) is 0 Å². The third-order valence-corrected chi connectivity index (χ3v) is 5.98. The lowest BCUT2D eigenvalue weighted by Gasteiger charge is -2.16. The first-order valence-corrected chi connectivity index (χ1v) is 10.9. The highest BCUT2D eigenvalue weighted by Gasteiger charge is 2.21. The molecule has 1 aliphatic carbocycles. The van der Waals surface area contributed by atoms with Gasteiger partial charge in [0.05, 0.1) is 0 Å². The minimum absolute atomic E-state index is 0.0612. The molecule has 0 spiro atoms. The molecule has 3 aromatic rings. The van der Waals surface area contributed by atoms with Gasteiger partial charge in [0.1, 0.15) is 24.0 Å². The van der Waals surface area contributed by atoms with Crippen LogP contribution in [0.25, 0.3) is 11.1 Å². The first-order chi connectivity index (χ1) is 14.2. The van der Waals surface area contributed by atoms with E-state index in [2.05, 4.69) is 36.6 Å². The summed E-state index contributed by atoms with van der Waals surface area (Å²) in [5, 5.41) is 0. The fraction of sp³-hybridized carbons (Fsp3) is 0.200. The highest BCUT2D eigenvalue weighted by atomic mass is 32.2. The van der Waals surface area contributed by atoms with Crippen LogP contribution in [-0.2, 0) is 6.61 Å². The zero-order chi connectivity index (χ0) is 20.2. The summed E-state index contributed by atoms with van der Waals surface area (Å²) in [7, 11) is 0.